The number of nitrogens with zero attached hydrogens (tertiary/aromatic N) is 2. The average Bonchev–Trinajstić information content (AvgIpc) is 4.03. The first-order chi connectivity index (χ1) is 34.3. The molecule has 0 bridgehead atoms. The van der Waals surface area contributed by atoms with E-state index >= 15 is 0 Å². The van der Waals surface area contributed by atoms with Gasteiger partial charge in [-0.1, -0.05) is 194 Å². The minimum atomic E-state index is -0.458. The third-order valence-corrected chi connectivity index (χ3v) is 15.4. The van der Waals surface area contributed by atoms with Crippen LogP contribution in [0.25, 0.3) is 93.2 Å². The van der Waals surface area contributed by atoms with Crippen molar-refractivity contribution in [2.75, 3.05) is 4.90 Å². The van der Waals surface area contributed by atoms with E-state index in [1.807, 2.05) is 0 Å². The predicted octanol–water partition coefficient (Wildman–Crippen LogP) is 17.7. The van der Waals surface area contributed by atoms with Crippen LogP contribution in [0.2, 0.25) is 0 Å². The molecule has 0 saturated carbocycles. The van der Waals surface area contributed by atoms with Crippen LogP contribution in [-0.2, 0) is 5.41 Å². The standard InChI is InChI=1S/C67H42N2/c1-2-17-44(18-3-1)69-64-31-15-11-26-58(64)66-48(27-16-32-65(66)69)43-33-35-45(36-34-43)68(46-37-39-53-51-21-5-4-19-49(51)50-20-6-7-22-52(50)59(53)41-46)47-38-40-57-56-25-10-14-30-62(56)67(63(57)42-47)60-28-12-8-23-54(60)55-24-9-13-29-61(55)67/h1-42H. The molecule has 320 valence electrons. The van der Waals surface area contributed by atoms with Crippen LogP contribution in [0.3, 0.4) is 0 Å². The Kier molecular flexibility index (Phi) is 8.02. The zero-order chi connectivity index (χ0) is 45.2. The first-order valence-electron chi connectivity index (χ1n) is 24.0. The van der Waals surface area contributed by atoms with Crippen molar-refractivity contribution in [3.8, 4) is 39.1 Å². The van der Waals surface area contributed by atoms with E-state index in [2.05, 4.69) is 264 Å². The lowest BCUT2D eigenvalue weighted by molar-refractivity contribution is 0.793. The van der Waals surface area contributed by atoms with Gasteiger partial charge in [0.1, 0.15) is 0 Å². The highest BCUT2D eigenvalue weighted by Gasteiger charge is 2.51. The summed E-state index contributed by atoms with van der Waals surface area (Å²) in [6.07, 6.45) is 0. The van der Waals surface area contributed by atoms with E-state index in [0.29, 0.717) is 0 Å². The third kappa shape index (κ3) is 5.26. The summed E-state index contributed by atoms with van der Waals surface area (Å²) in [7, 11) is 0. The maximum atomic E-state index is 2.50. The molecular formula is C67H42N2. The van der Waals surface area contributed by atoms with Gasteiger partial charge < -0.3 is 9.47 Å². The number of anilines is 3. The normalized spacial score (nSPS) is 13.0. The first kappa shape index (κ1) is 38.2. The first-order valence-corrected chi connectivity index (χ1v) is 24.0. The van der Waals surface area contributed by atoms with Gasteiger partial charge in [0.2, 0.25) is 0 Å². The zero-order valence-corrected chi connectivity index (χ0v) is 37.6. The summed E-state index contributed by atoms with van der Waals surface area (Å²) in [5.74, 6) is 0. The summed E-state index contributed by atoms with van der Waals surface area (Å²) >= 11 is 0. The minimum absolute atomic E-state index is 0.458. The molecule has 2 aliphatic carbocycles. The summed E-state index contributed by atoms with van der Waals surface area (Å²) in [4.78, 5) is 2.48. The largest absolute Gasteiger partial charge is 0.310 e. The number of benzene rings is 12. The zero-order valence-electron chi connectivity index (χ0n) is 37.6. The molecular weight excluding hydrogens is 833 g/mol. The molecule has 2 aliphatic rings. The molecule has 1 aromatic heterocycles. The Bertz CT molecular complexity index is 4150. The smallest absolute Gasteiger partial charge is 0.0726 e. The van der Waals surface area contributed by atoms with Crippen LogP contribution >= 0.6 is 0 Å². The fourth-order valence-electron chi connectivity index (χ4n) is 12.6. The Balaban J connectivity index is 0.965. The molecule has 12 aromatic carbocycles. The molecule has 1 heterocycles. The van der Waals surface area contributed by atoms with Crippen molar-refractivity contribution in [1.29, 1.82) is 0 Å². The Morgan fingerprint density at radius 2 is 0.725 bits per heavy atom. The van der Waals surface area contributed by atoms with Crippen LogP contribution < -0.4 is 4.90 Å². The van der Waals surface area contributed by atoms with Crippen molar-refractivity contribution in [2.24, 2.45) is 0 Å². The highest BCUT2D eigenvalue weighted by Crippen LogP contribution is 2.63. The topological polar surface area (TPSA) is 8.17 Å². The number of aromatic nitrogens is 1. The predicted molar refractivity (Wildman–Crippen MR) is 290 cm³/mol. The molecule has 0 radical (unpaired) electrons. The molecule has 0 N–H and O–H groups in total. The second kappa shape index (κ2) is 14.5. The highest BCUT2D eigenvalue weighted by molar-refractivity contribution is 6.26. The van der Waals surface area contributed by atoms with Crippen molar-refractivity contribution in [1.82, 2.24) is 4.57 Å². The fourth-order valence-corrected chi connectivity index (χ4v) is 12.6. The van der Waals surface area contributed by atoms with Crippen molar-refractivity contribution >= 4 is 71.2 Å². The SMILES string of the molecule is c1ccc(-n2c3ccccc3c3c(-c4ccc(N(c5ccc6c(c5)C5(c7ccccc7-c7ccccc75)c5ccccc5-6)c5ccc6c7ccccc7c7ccccc7c6c5)cc4)cccc32)cc1. The van der Waals surface area contributed by atoms with E-state index in [4.69, 9.17) is 0 Å². The summed E-state index contributed by atoms with van der Waals surface area (Å²) in [6, 6.07) is 94.9. The van der Waals surface area contributed by atoms with E-state index in [9.17, 15) is 0 Å². The van der Waals surface area contributed by atoms with Gasteiger partial charge in [-0.3, -0.25) is 0 Å². The number of para-hydroxylation sites is 2. The fraction of sp³-hybridized carbons (Fsp3) is 0.0149. The number of rotatable bonds is 5. The van der Waals surface area contributed by atoms with E-state index < -0.39 is 5.41 Å². The molecule has 13 aromatic rings. The number of hydrogen-bond donors (Lipinski definition) is 0. The molecule has 0 unspecified atom stereocenters. The van der Waals surface area contributed by atoms with Crippen molar-refractivity contribution in [2.45, 2.75) is 5.41 Å². The summed E-state index contributed by atoms with van der Waals surface area (Å²) in [5.41, 5.74) is 19.4. The van der Waals surface area contributed by atoms with Gasteiger partial charge in [0.05, 0.1) is 16.4 Å². The van der Waals surface area contributed by atoms with Crippen LogP contribution in [0.15, 0.2) is 255 Å². The van der Waals surface area contributed by atoms with E-state index in [0.717, 1.165) is 22.7 Å². The van der Waals surface area contributed by atoms with Crippen LogP contribution in [0.5, 0.6) is 0 Å². The maximum Gasteiger partial charge on any atom is 0.0726 e. The molecule has 15 rings (SSSR count). The van der Waals surface area contributed by atoms with Crippen LogP contribution in [0.1, 0.15) is 22.3 Å². The minimum Gasteiger partial charge on any atom is -0.310 e. The molecule has 0 aliphatic heterocycles. The average molecular weight is 875 g/mol. The molecule has 0 amide bonds. The Hall–Kier alpha value is -8.98. The Morgan fingerprint density at radius 1 is 0.275 bits per heavy atom. The summed E-state index contributed by atoms with van der Waals surface area (Å²) in [5, 5.41) is 10.1. The molecule has 1 spiro atoms. The van der Waals surface area contributed by atoms with Crippen LogP contribution in [0, 0.1) is 0 Å². The highest BCUT2D eigenvalue weighted by atomic mass is 15.1. The third-order valence-electron chi connectivity index (χ3n) is 15.4. The van der Waals surface area contributed by atoms with Crippen LogP contribution in [0.4, 0.5) is 17.1 Å². The lowest BCUT2D eigenvalue weighted by Gasteiger charge is -2.32. The van der Waals surface area contributed by atoms with Gasteiger partial charge in [0.25, 0.3) is 0 Å². The Labute approximate surface area is 400 Å². The van der Waals surface area contributed by atoms with E-state index in [-0.39, 0.29) is 0 Å². The number of fused-ring (bicyclic) bond motifs is 19. The molecule has 2 nitrogen and oxygen atoms in total. The van der Waals surface area contributed by atoms with Crippen molar-refractivity contribution in [3.63, 3.8) is 0 Å². The molecule has 0 atom stereocenters. The van der Waals surface area contributed by atoms with Gasteiger partial charge in [-0.05, 0) is 149 Å². The molecule has 69 heavy (non-hydrogen) atoms. The number of hydrogen-bond acceptors (Lipinski definition) is 1. The van der Waals surface area contributed by atoms with E-state index in [1.54, 1.807) is 0 Å². The monoisotopic (exact) mass is 874 g/mol. The summed E-state index contributed by atoms with van der Waals surface area (Å²) < 4.78 is 2.40. The molecule has 0 saturated heterocycles. The quantitative estimate of drug-likeness (QED) is 0.156. The second-order valence-electron chi connectivity index (χ2n) is 18.7. The lowest BCUT2D eigenvalue weighted by Crippen LogP contribution is -2.26. The van der Waals surface area contributed by atoms with Gasteiger partial charge in [-0.2, -0.15) is 0 Å². The van der Waals surface area contributed by atoms with Crippen molar-refractivity contribution in [3.05, 3.63) is 277 Å². The second-order valence-corrected chi connectivity index (χ2v) is 18.7. The van der Waals surface area contributed by atoms with Crippen molar-refractivity contribution < 1.29 is 0 Å². The summed E-state index contributed by atoms with van der Waals surface area (Å²) in [6.45, 7) is 0. The Morgan fingerprint density at radius 3 is 1.36 bits per heavy atom. The maximum absolute atomic E-state index is 2.50. The van der Waals surface area contributed by atoms with Gasteiger partial charge >= 0.3 is 0 Å². The van der Waals surface area contributed by atoms with Gasteiger partial charge in [0, 0.05) is 33.5 Å². The van der Waals surface area contributed by atoms with Gasteiger partial charge in [-0.25, -0.2) is 0 Å². The molecule has 2 heteroatoms. The van der Waals surface area contributed by atoms with E-state index in [1.165, 1.54) is 110 Å². The van der Waals surface area contributed by atoms with Gasteiger partial charge in [-0.15, -0.1) is 0 Å². The van der Waals surface area contributed by atoms with Crippen LogP contribution in [-0.4, -0.2) is 4.57 Å². The lowest BCUT2D eigenvalue weighted by atomic mass is 9.70. The molecule has 0 fully saturated rings. The van der Waals surface area contributed by atoms with Gasteiger partial charge in [0.15, 0.2) is 0 Å².